The molecule has 0 saturated heterocycles. The minimum atomic E-state index is -0.877. The first kappa shape index (κ1) is 11.5. The third-order valence-electron chi connectivity index (χ3n) is 2.69. The van der Waals surface area contributed by atoms with Crippen molar-refractivity contribution in [1.82, 2.24) is 4.98 Å². The number of aromatic amines is 1. The average molecular weight is 240 g/mol. The molecule has 0 spiro atoms. The van der Waals surface area contributed by atoms with Gasteiger partial charge in [-0.2, -0.15) is 0 Å². The Labute approximate surface area is 98.7 Å². The molecule has 4 heteroatoms. The number of alkyl halides is 1. The molecule has 0 aliphatic carbocycles. The number of benzene rings is 1. The van der Waals surface area contributed by atoms with Crippen LogP contribution in [0, 0.1) is 0 Å². The van der Waals surface area contributed by atoms with E-state index in [1.165, 1.54) is 0 Å². The number of aliphatic hydroxyl groups is 2. The molecule has 2 atom stereocenters. The van der Waals surface area contributed by atoms with Crippen molar-refractivity contribution in [3.63, 3.8) is 0 Å². The number of aliphatic hydroxyl groups excluding tert-OH is 2. The lowest BCUT2D eigenvalue weighted by Gasteiger charge is -2.17. The van der Waals surface area contributed by atoms with Crippen molar-refractivity contribution in [2.24, 2.45) is 0 Å². The molecule has 2 rings (SSSR count). The van der Waals surface area contributed by atoms with Gasteiger partial charge < -0.3 is 15.2 Å². The monoisotopic (exact) mass is 239 g/mol. The molecule has 1 aromatic carbocycles. The van der Waals surface area contributed by atoms with Crippen molar-refractivity contribution in [3.05, 3.63) is 36.0 Å². The van der Waals surface area contributed by atoms with Crippen molar-refractivity contribution in [2.75, 3.05) is 5.88 Å². The molecule has 2 aromatic rings. The molecule has 1 aromatic heterocycles. The predicted molar refractivity (Wildman–Crippen MR) is 64.6 cm³/mol. The summed E-state index contributed by atoms with van der Waals surface area (Å²) < 4.78 is 0. The fourth-order valence-corrected chi connectivity index (χ4v) is 1.97. The van der Waals surface area contributed by atoms with Gasteiger partial charge in [-0.15, -0.1) is 11.6 Å². The molecule has 0 bridgehead atoms. The molecule has 0 aliphatic rings. The SMILES string of the molecule is OC(CCCl)C(O)c1ccc2[nH]ccc2c1. The highest BCUT2D eigenvalue weighted by Crippen LogP contribution is 2.23. The Morgan fingerprint density at radius 3 is 2.81 bits per heavy atom. The lowest BCUT2D eigenvalue weighted by molar-refractivity contribution is 0.0171. The zero-order valence-corrected chi connectivity index (χ0v) is 9.48. The van der Waals surface area contributed by atoms with Crippen molar-refractivity contribution < 1.29 is 10.2 Å². The van der Waals surface area contributed by atoms with Gasteiger partial charge >= 0.3 is 0 Å². The van der Waals surface area contributed by atoms with Crippen LogP contribution in [-0.4, -0.2) is 27.2 Å². The van der Waals surface area contributed by atoms with Gasteiger partial charge in [0.05, 0.1) is 6.10 Å². The highest BCUT2D eigenvalue weighted by atomic mass is 35.5. The van der Waals surface area contributed by atoms with Gasteiger partial charge in [-0.05, 0) is 35.6 Å². The maximum absolute atomic E-state index is 9.90. The lowest BCUT2D eigenvalue weighted by atomic mass is 10.0. The molecular weight excluding hydrogens is 226 g/mol. The molecule has 0 fully saturated rings. The van der Waals surface area contributed by atoms with E-state index in [0.29, 0.717) is 17.9 Å². The first-order chi connectivity index (χ1) is 7.72. The van der Waals surface area contributed by atoms with E-state index in [1.54, 1.807) is 6.07 Å². The van der Waals surface area contributed by atoms with Crippen LogP contribution in [0.2, 0.25) is 0 Å². The number of hydrogen-bond donors (Lipinski definition) is 3. The predicted octanol–water partition coefficient (Wildman–Crippen LogP) is 2.19. The summed E-state index contributed by atoms with van der Waals surface area (Å²) in [5.74, 6) is 0.338. The van der Waals surface area contributed by atoms with Crippen molar-refractivity contribution in [3.8, 4) is 0 Å². The van der Waals surface area contributed by atoms with Crippen LogP contribution in [0.4, 0.5) is 0 Å². The van der Waals surface area contributed by atoms with E-state index < -0.39 is 12.2 Å². The summed E-state index contributed by atoms with van der Waals surface area (Å²) in [7, 11) is 0. The highest BCUT2D eigenvalue weighted by molar-refractivity contribution is 6.17. The van der Waals surface area contributed by atoms with E-state index in [1.807, 2.05) is 24.4 Å². The number of rotatable bonds is 4. The van der Waals surface area contributed by atoms with Gasteiger partial charge in [0.15, 0.2) is 0 Å². The smallest absolute Gasteiger partial charge is 0.105 e. The third-order valence-corrected chi connectivity index (χ3v) is 2.91. The second kappa shape index (κ2) is 4.87. The Hall–Kier alpha value is -1.03. The Bertz CT molecular complexity index is 469. The molecule has 16 heavy (non-hydrogen) atoms. The zero-order chi connectivity index (χ0) is 11.5. The van der Waals surface area contributed by atoms with Crippen LogP contribution >= 0.6 is 11.6 Å². The van der Waals surface area contributed by atoms with E-state index in [0.717, 1.165) is 10.9 Å². The Kier molecular flexibility index (Phi) is 3.49. The first-order valence-corrected chi connectivity index (χ1v) is 5.75. The molecule has 1 heterocycles. The fraction of sp³-hybridized carbons (Fsp3) is 0.333. The van der Waals surface area contributed by atoms with Gasteiger partial charge in [0.25, 0.3) is 0 Å². The van der Waals surface area contributed by atoms with E-state index in [4.69, 9.17) is 11.6 Å². The maximum Gasteiger partial charge on any atom is 0.105 e. The molecule has 0 amide bonds. The number of nitrogens with one attached hydrogen (secondary N) is 1. The molecule has 86 valence electrons. The highest BCUT2D eigenvalue weighted by Gasteiger charge is 2.17. The largest absolute Gasteiger partial charge is 0.390 e. The Morgan fingerprint density at radius 1 is 1.25 bits per heavy atom. The normalized spacial score (nSPS) is 15.2. The van der Waals surface area contributed by atoms with Gasteiger partial charge in [0.1, 0.15) is 6.10 Å². The Morgan fingerprint density at radius 2 is 2.06 bits per heavy atom. The number of fused-ring (bicyclic) bond motifs is 1. The maximum atomic E-state index is 9.90. The molecular formula is C12H14ClNO2. The van der Waals surface area contributed by atoms with Crippen LogP contribution < -0.4 is 0 Å². The van der Waals surface area contributed by atoms with E-state index >= 15 is 0 Å². The third kappa shape index (κ3) is 2.21. The fourth-order valence-electron chi connectivity index (χ4n) is 1.75. The number of H-pyrrole nitrogens is 1. The van der Waals surface area contributed by atoms with Gasteiger partial charge in [0.2, 0.25) is 0 Å². The van der Waals surface area contributed by atoms with Gasteiger partial charge in [-0.1, -0.05) is 6.07 Å². The van der Waals surface area contributed by atoms with Crippen LogP contribution in [-0.2, 0) is 0 Å². The second-order valence-electron chi connectivity index (χ2n) is 3.81. The van der Waals surface area contributed by atoms with Crippen LogP contribution in [0.5, 0.6) is 0 Å². The van der Waals surface area contributed by atoms with Crippen molar-refractivity contribution in [2.45, 2.75) is 18.6 Å². The molecule has 0 radical (unpaired) electrons. The minimum absolute atomic E-state index is 0.338. The lowest BCUT2D eigenvalue weighted by Crippen LogP contribution is -2.18. The summed E-state index contributed by atoms with van der Waals surface area (Å²) in [5.41, 5.74) is 1.73. The summed E-state index contributed by atoms with van der Waals surface area (Å²) in [5, 5.41) is 20.6. The summed E-state index contributed by atoms with van der Waals surface area (Å²) >= 11 is 5.53. The molecule has 3 N–H and O–H groups in total. The van der Waals surface area contributed by atoms with E-state index in [2.05, 4.69) is 4.98 Å². The topological polar surface area (TPSA) is 56.2 Å². The summed E-state index contributed by atoms with van der Waals surface area (Å²) in [4.78, 5) is 3.07. The standard InChI is InChI=1S/C12H14ClNO2/c13-5-3-11(15)12(16)9-1-2-10-8(7-9)4-6-14-10/h1-2,4,6-7,11-12,14-16H,3,5H2. The number of halogens is 1. The van der Waals surface area contributed by atoms with Crippen LogP contribution in [0.15, 0.2) is 30.5 Å². The van der Waals surface area contributed by atoms with Crippen LogP contribution in [0.1, 0.15) is 18.1 Å². The summed E-state index contributed by atoms with van der Waals surface area (Å²) in [6.45, 7) is 0. The second-order valence-corrected chi connectivity index (χ2v) is 4.19. The van der Waals surface area contributed by atoms with Gasteiger partial charge in [-0.3, -0.25) is 0 Å². The number of hydrogen-bond acceptors (Lipinski definition) is 2. The minimum Gasteiger partial charge on any atom is -0.390 e. The molecule has 2 unspecified atom stereocenters. The average Bonchev–Trinajstić information content (AvgIpc) is 2.75. The number of aromatic nitrogens is 1. The summed E-state index contributed by atoms with van der Waals surface area (Å²) in [6, 6.07) is 7.50. The van der Waals surface area contributed by atoms with Gasteiger partial charge in [-0.25, -0.2) is 0 Å². The summed E-state index contributed by atoms with van der Waals surface area (Å²) in [6.07, 6.45) is 0.538. The van der Waals surface area contributed by atoms with Crippen LogP contribution in [0.25, 0.3) is 10.9 Å². The van der Waals surface area contributed by atoms with E-state index in [-0.39, 0.29) is 0 Å². The van der Waals surface area contributed by atoms with Crippen LogP contribution in [0.3, 0.4) is 0 Å². The van der Waals surface area contributed by atoms with E-state index in [9.17, 15) is 10.2 Å². The first-order valence-electron chi connectivity index (χ1n) is 5.21. The molecule has 0 saturated carbocycles. The van der Waals surface area contributed by atoms with Crippen molar-refractivity contribution in [1.29, 1.82) is 0 Å². The molecule has 0 aliphatic heterocycles. The molecule has 3 nitrogen and oxygen atoms in total. The van der Waals surface area contributed by atoms with Crippen molar-refractivity contribution >= 4 is 22.5 Å². The quantitative estimate of drug-likeness (QED) is 0.717. The van der Waals surface area contributed by atoms with Gasteiger partial charge in [0, 0.05) is 17.6 Å². The zero-order valence-electron chi connectivity index (χ0n) is 8.73. The Balaban J connectivity index is 2.24.